The minimum absolute atomic E-state index is 0.00182. The number of amides is 1. The maximum Gasteiger partial charge on any atom is 0.416 e. The third kappa shape index (κ3) is 7.93. The van der Waals surface area contributed by atoms with Crippen LogP contribution in [-0.4, -0.2) is 18.5 Å². The number of carbonyl (C=O) groups is 1. The quantitative estimate of drug-likeness (QED) is 0.362. The summed E-state index contributed by atoms with van der Waals surface area (Å²) < 4.78 is 79.8. The second-order valence-electron chi connectivity index (χ2n) is 8.59. The summed E-state index contributed by atoms with van der Waals surface area (Å²) in [5.74, 6) is -0.234. The summed E-state index contributed by atoms with van der Waals surface area (Å²) in [6.07, 6.45) is -4.97. The van der Waals surface area contributed by atoms with Crippen LogP contribution in [0.4, 0.5) is 32.0 Å². The fourth-order valence-corrected chi connectivity index (χ4v) is 4.39. The van der Waals surface area contributed by atoms with E-state index in [0.29, 0.717) is 17.8 Å². The van der Waals surface area contributed by atoms with E-state index in [0.717, 1.165) is 32.1 Å². The molecule has 1 amide bonds. The molecule has 0 bridgehead atoms. The van der Waals surface area contributed by atoms with Crippen LogP contribution >= 0.6 is 23.2 Å². The van der Waals surface area contributed by atoms with Crippen LogP contribution in [0.3, 0.4) is 0 Å². The molecule has 2 aromatic carbocycles. The highest BCUT2D eigenvalue weighted by Crippen LogP contribution is 2.37. The van der Waals surface area contributed by atoms with Crippen LogP contribution in [-0.2, 0) is 23.7 Å². The van der Waals surface area contributed by atoms with Crippen LogP contribution in [0.15, 0.2) is 36.4 Å². The molecular weight excluding hydrogens is 517 g/mol. The molecule has 0 radical (unpaired) electrons. The van der Waals surface area contributed by atoms with Gasteiger partial charge in [-0.25, -0.2) is 0 Å². The second-order valence-corrected chi connectivity index (χ2v) is 9.40. The summed E-state index contributed by atoms with van der Waals surface area (Å²) >= 11 is 12.0. The van der Waals surface area contributed by atoms with Gasteiger partial charge in [0.2, 0.25) is 5.91 Å². The predicted octanol–water partition coefficient (Wildman–Crippen LogP) is 7.88. The summed E-state index contributed by atoms with van der Waals surface area (Å²) in [6.45, 7) is -0.254. The Labute approximate surface area is 209 Å². The largest absolute Gasteiger partial charge is 0.416 e. The first-order valence-electron chi connectivity index (χ1n) is 11.1. The van der Waals surface area contributed by atoms with Gasteiger partial charge in [0.15, 0.2) is 0 Å². The molecule has 0 saturated heterocycles. The van der Waals surface area contributed by atoms with Crippen molar-refractivity contribution < 1.29 is 31.1 Å². The van der Waals surface area contributed by atoms with Gasteiger partial charge in [0, 0.05) is 31.2 Å². The standard InChI is InChI=1S/C24H24Cl2F6N2O/c25-20-7-6-19(13-21(20)26)34(9-8-22(35)33-18-4-2-1-3-5-18)14-15-10-16(23(27,28)29)12-17(11-15)24(30,31)32/h6-7,10-13,18H,1-5,8-9,14H2,(H,33,35). The first-order valence-corrected chi connectivity index (χ1v) is 11.9. The fraction of sp³-hybridized carbons (Fsp3) is 0.458. The average molecular weight is 541 g/mol. The number of hydrogen-bond donors (Lipinski definition) is 1. The smallest absolute Gasteiger partial charge is 0.367 e. The number of carbonyl (C=O) groups excluding carboxylic acids is 1. The summed E-state index contributed by atoms with van der Waals surface area (Å²) in [5, 5.41) is 3.36. The molecule has 0 spiro atoms. The monoisotopic (exact) mass is 540 g/mol. The van der Waals surface area contributed by atoms with Gasteiger partial charge >= 0.3 is 12.4 Å². The molecule has 1 fully saturated rings. The minimum atomic E-state index is -4.95. The molecule has 3 rings (SSSR count). The molecule has 1 saturated carbocycles. The Balaban J connectivity index is 1.86. The van der Waals surface area contributed by atoms with Crippen LogP contribution in [0.2, 0.25) is 10.0 Å². The van der Waals surface area contributed by atoms with Gasteiger partial charge in [-0.15, -0.1) is 0 Å². The van der Waals surface area contributed by atoms with Crippen molar-refractivity contribution in [3.8, 4) is 0 Å². The van der Waals surface area contributed by atoms with E-state index < -0.39 is 23.5 Å². The molecular formula is C24H24Cl2F6N2O. The van der Waals surface area contributed by atoms with Gasteiger partial charge in [-0.3, -0.25) is 4.79 Å². The first-order chi connectivity index (χ1) is 16.3. The highest BCUT2D eigenvalue weighted by Gasteiger charge is 2.37. The van der Waals surface area contributed by atoms with Crippen LogP contribution in [0.25, 0.3) is 0 Å². The molecule has 35 heavy (non-hydrogen) atoms. The van der Waals surface area contributed by atoms with Crippen molar-refractivity contribution in [2.75, 3.05) is 11.4 Å². The van der Waals surface area contributed by atoms with Crippen LogP contribution in [0.5, 0.6) is 0 Å². The lowest BCUT2D eigenvalue weighted by Crippen LogP contribution is -2.38. The zero-order chi connectivity index (χ0) is 25.8. The minimum Gasteiger partial charge on any atom is -0.367 e. The summed E-state index contributed by atoms with van der Waals surface area (Å²) in [7, 11) is 0. The molecule has 1 aliphatic rings. The van der Waals surface area contributed by atoms with Crippen molar-refractivity contribution in [2.24, 2.45) is 0 Å². The van der Waals surface area contributed by atoms with E-state index in [4.69, 9.17) is 23.2 Å². The summed E-state index contributed by atoms with van der Waals surface area (Å²) in [5.41, 5.74) is -2.58. The van der Waals surface area contributed by atoms with Crippen molar-refractivity contribution in [1.29, 1.82) is 0 Å². The van der Waals surface area contributed by atoms with Crippen LogP contribution in [0, 0.1) is 0 Å². The molecule has 3 nitrogen and oxygen atoms in total. The Morgan fingerprint density at radius 3 is 2.03 bits per heavy atom. The van der Waals surface area contributed by atoms with Gasteiger partial charge in [0.25, 0.3) is 0 Å². The zero-order valence-corrected chi connectivity index (χ0v) is 20.1. The van der Waals surface area contributed by atoms with Crippen molar-refractivity contribution in [1.82, 2.24) is 5.32 Å². The predicted molar refractivity (Wildman–Crippen MR) is 124 cm³/mol. The lowest BCUT2D eigenvalue weighted by Gasteiger charge is -2.27. The Hall–Kier alpha value is -2.13. The molecule has 2 aromatic rings. The Morgan fingerprint density at radius 1 is 0.886 bits per heavy atom. The lowest BCUT2D eigenvalue weighted by molar-refractivity contribution is -0.143. The number of alkyl halides is 6. The van der Waals surface area contributed by atoms with E-state index in [1.807, 2.05) is 0 Å². The Bertz CT molecular complexity index is 1000. The highest BCUT2D eigenvalue weighted by atomic mass is 35.5. The highest BCUT2D eigenvalue weighted by molar-refractivity contribution is 6.42. The SMILES string of the molecule is O=C(CCN(Cc1cc(C(F)(F)F)cc(C(F)(F)F)c1)c1ccc(Cl)c(Cl)c1)NC1CCCCC1. The number of halogens is 8. The number of benzene rings is 2. The van der Waals surface area contributed by atoms with Gasteiger partial charge in [0.1, 0.15) is 0 Å². The van der Waals surface area contributed by atoms with E-state index in [1.54, 1.807) is 6.07 Å². The molecule has 0 unspecified atom stereocenters. The molecule has 0 heterocycles. The van der Waals surface area contributed by atoms with E-state index in [-0.39, 0.29) is 53.1 Å². The first kappa shape index (κ1) is 27.5. The van der Waals surface area contributed by atoms with Crippen molar-refractivity contribution >= 4 is 34.8 Å². The van der Waals surface area contributed by atoms with Gasteiger partial charge < -0.3 is 10.2 Å². The number of hydrogen-bond acceptors (Lipinski definition) is 2. The second kappa shape index (κ2) is 11.3. The van der Waals surface area contributed by atoms with E-state index in [2.05, 4.69) is 5.32 Å². The number of anilines is 1. The van der Waals surface area contributed by atoms with Crippen molar-refractivity contribution in [3.05, 3.63) is 63.1 Å². The van der Waals surface area contributed by atoms with Crippen molar-refractivity contribution in [3.63, 3.8) is 0 Å². The van der Waals surface area contributed by atoms with E-state index >= 15 is 0 Å². The van der Waals surface area contributed by atoms with Gasteiger partial charge in [-0.2, -0.15) is 26.3 Å². The number of nitrogens with zero attached hydrogens (tertiary/aromatic N) is 1. The van der Waals surface area contributed by atoms with Gasteiger partial charge in [-0.05, 0) is 54.8 Å². The Morgan fingerprint density at radius 2 is 1.49 bits per heavy atom. The normalized spacial score (nSPS) is 15.2. The maximum atomic E-state index is 13.3. The van der Waals surface area contributed by atoms with Gasteiger partial charge in [0.05, 0.1) is 21.2 Å². The molecule has 0 aromatic heterocycles. The van der Waals surface area contributed by atoms with E-state index in [1.165, 1.54) is 17.0 Å². The molecule has 0 atom stereocenters. The molecule has 11 heteroatoms. The molecule has 192 valence electrons. The van der Waals surface area contributed by atoms with Crippen LogP contribution in [0.1, 0.15) is 55.2 Å². The Kier molecular flexibility index (Phi) is 8.86. The fourth-order valence-electron chi connectivity index (χ4n) is 4.10. The van der Waals surface area contributed by atoms with E-state index in [9.17, 15) is 31.1 Å². The molecule has 0 aliphatic heterocycles. The molecule has 1 N–H and O–H groups in total. The third-order valence-corrected chi connectivity index (χ3v) is 6.61. The lowest BCUT2D eigenvalue weighted by atomic mass is 9.95. The third-order valence-electron chi connectivity index (χ3n) is 5.87. The van der Waals surface area contributed by atoms with Gasteiger partial charge in [-0.1, -0.05) is 42.5 Å². The number of rotatable bonds is 7. The zero-order valence-electron chi connectivity index (χ0n) is 18.6. The topological polar surface area (TPSA) is 32.3 Å². The summed E-state index contributed by atoms with van der Waals surface area (Å²) in [4.78, 5) is 14.0. The van der Waals surface area contributed by atoms with Crippen LogP contribution < -0.4 is 10.2 Å². The van der Waals surface area contributed by atoms with Crippen molar-refractivity contribution in [2.45, 2.75) is 63.5 Å². The molecule has 1 aliphatic carbocycles. The average Bonchev–Trinajstić information content (AvgIpc) is 2.78. The maximum absolute atomic E-state index is 13.3. The summed E-state index contributed by atoms with van der Waals surface area (Å²) in [6, 6.07) is 6.01. The number of nitrogens with one attached hydrogen (secondary N) is 1.